The molecule has 2 aromatic rings. The fourth-order valence-corrected chi connectivity index (χ4v) is 3.45. The molecule has 0 aliphatic carbocycles. The first-order valence-electron chi connectivity index (χ1n) is 9.60. The number of fused-ring (bicyclic) bond motifs is 1. The van der Waals surface area contributed by atoms with Gasteiger partial charge in [-0.1, -0.05) is 20.8 Å². The number of pyridine rings is 1. The van der Waals surface area contributed by atoms with Crippen LogP contribution in [0.15, 0.2) is 18.5 Å². The van der Waals surface area contributed by atoms with Gasteiger partial charge in [-0.05, 0) is 32.8 Å². The highest BCUT2D eigenvalue weighted by Crippen LogP contribution is 2.25. The SMILES string of the molecule is CC(C)n1ncc2cc(NC(=O)C3CCN(C(=O)C(C)(C)C)CC3)cnc21. The van der Waals surface area contributed by atoms with E-state index in [9.17, 15) is 9.59 Å². The molecule has 146 valence electrons. The molecule has 0 spiro atoms. The molecule has 1 aliphatic heterocycles. The number of nitrogens with one attached hydrogen (secondary N) is 1. The van der Waals surface area contributed by atoms with Gasteiger partial charge < -0.3 is 10.2 Å². The van der Waals surface area contributed by atoms with E-state index in [4.69, 9.17) is 0 Å². The lowest BCUT2D eigenvalue weighted by Crippen LogP contribution is -2.45. The topological polar surface area (TPSA) is 80.1 Å². The van der Waals surface area contributed by atoms with Crippen LogP contribution in [0.3, 0.4) is 0 Å². The predicted molar refractivity (Wildman–Crippen MR) is 105 cm³/mol. The molecule has 2 aromatic heterocycles. The lowest BCUT2D eigenvalue weighted by Gasteiger charge is -2.35. The first-order valence-corrected chi connectivity index (χ1v) is 9.60. The minimum Gasteiger partial charge on any atom is -0.342 e. The number of carbonyl (C=O) groups excluding carboxylic acids is 2. The van der Waals surface area contributed by atoms with Gasteiger partial charge >= 0.3 is 0 Å². The Balaban J connectivity index is 1.61. The summed E-state index contributed by atoms with van der Waals surface area (Å²) in [7, 11) is 0. The highest BCUT2D eigenvalue weighted by molar-refractivity contribution is 5.94. The number of amides is 2. The Bertz CT molecular complexity index is 842. The molecular formula is C20H29N5O2. The molecule has 1 saturated heterocycles. The molecule has 0 atom stereocenters. The summed E-state index contributed by atoms with van der Waals surface area (Å²) in [6.45, 7) is 11.2. The number of nitrogens with zero attached hydrogens (tertiary/aromatic N) is 4. The van der Waals surface area contributed by atoms with Crippen molar-refractivity contribution in [2.24, 2.45) is 11.3 Å². The second-order valence-corrected chi connectivity index (χ2v) is 8.63. The number of likely N-dealkylation sites (tertiary alicyclic amines) is 1. The Morgan fingerprint density at radius 2 is 1.85 bits per heavy atom. The number of anilines is 1. The maximum absolute atomic E-state index is 12.6. The van der Waals surface area contributed by atoms with Crippen LogP contribution in [-0.4, -0.2) is 44.6 Å². The number of piperidine rings is 1. The first-order chi connectivity index (χ1) is 12.7. The van der Waals surface area contributed by atoms with Gasteiger partial charge in [0.1, 0.15) is 0 Å². The number of rotatable bonds is 3. The zero-order chi connectivity index (χ0) is 19.8. The minimum absolute atomic E-state index is 0.00439. The van der Waals surface area contributed by atoms with Crippen LogP contribution in [-0.2, 0) is 9.59 Å². The van der Waals surface area contributed by atoms with Gasteiger partial charge in [0.15, 0.2) is 5.65 Å². The highest BCUT2D eigenvalue weighted by atomic mass is 16.2. The molecule has 0 unspecified atom stereocenters. The summed E-state index contributed by atoms with van der Waals surface area (Å²) in [5, 5.41) is 8.24. The molecule has 3 rings (SSSR count). The van der Waals surface area contributed by atoms with Crippen LogP contribution < -0.4 is 5.32 Å². The van der Waals surface area contributed by atoms with E-state index in [-0.39, 0.29) is 29.2 Å². The van der Waals surface area contributed by atoms with Gasteiger partial charge in [-0.15, -0.1) is 0 Å². The van der Waals surface area contributed by atoms with Crippen molar-refractivity contribution in [2.75, 3.05) is 18.4 Å². The zero-order valence-corrected chi connectivity index (χ0v) is 16.8. The Hall–Kier alpha value is -2.44. The normalized spacial score (nSPS) is 16.1. The van der Waals surface area contributed by atoms with Crippen molar-refractivity contribution in [3.05, 3.63) is 18.5 Å². The molecule has 7 nitrogen and oxygen atoms in total. The smallest absolute Gasteiger partial charge is 0.227 e. The third-order valence-electron chi connectivity index (χ3n) is 4.98. The summed E-state index contributed by atoms with van der Waals surface area (Å²) < 4.78 is 1.86. The molecule has 1 aliphatic rings. The van der Waals surface area contributed by atoms with E-state index in [1.54, 1.807) is 12.4 Å². The molecule has 7 heteroatoms. The fourth-order valence-electron chi connectivity index (χ4n) is 3.45. The lowest BCUT2D eigenvalue weighted by atomic mass is 9.90. The molecule has 0 bridgehead atoms. The van der Waals surface area contributed by atoms with E-state index in [1.807, 2.05) is 36.4 Å². The quantitative estimate of drug-likeness (QED) is 0.898. The number of carbonyl (C=O) groups is 2. The van der Waals surface area contributed by atoms with Crippen molar-refractivity contribution >= 4 is 28.5 Å². The van der Waals surface area contributed by atoms with Gasteiger partial charge in [0.25, 0.3) is 0 Å². The third-order valence-corrected chi connectivity index (χ3v) is 4.98. The van der Waals surface area contributed by atoms with Gasteiger partial charge in [0.05, 0.1) is 18.1 Å². The van der Waals surface area contributed by atoms with Gasteiger partial charge in [-0.2, -0.15) is 5.10 Å². The van der Waals surface area contributed by atoms with Crippen molar-refractivity contribution in [1.82, 2.24) is 19.7 Å². The van der Waals surface area contributed by atoms with Gasteiger partial charge in [-0.3, -0.25) is 9.59 Å². The monoisotopic (exact) mass is 371 g/mol. The van der Waals surface area contributed by atoms with Crippen molar-refractivity contribution in [3.8, 4) is 0 Å². The van der Waals surface area contributed by atoms with E-state index in [0.29, 0.717) is 31.6 Å². The molecule has 0 saturated carbocycles. The number of aromatic nitrogens is 3. The summed E-state index contributed by atoms with van der Waals surface area (Å²) in [5.41, 5.74) is 1.12. The van der Waals surface area contributed by atoms with Crippen molar-refractivity contribution < 1.29 is 9.59 Å². The maximum Gasteiger partial charge on any atom is 0.227 e. The highest BCUT2D eigenvalue weighted by Gasteiger charge is 2.32. The predicted octanol–water partition coefficient (Wildman–Crippen LogP) is 3.24. The second-order valence-electron chi connectivity index (χ2n) is 8.63. The van der Waals surface area contributed by atoms with Crippen LogP contribution in [0, 0.1) is 11.3 Å². The summed E-state index contributed by atoms with van der Waals surface area (Å²) in [4.78, 5) is 31.3. The lowest BCUT2D eigenvalue weighted by molar-refractivity contribution is -0.142. The number of hydrogen-bond acceptors (Lipinski definition) is 4. The van der Waals surface area contributed by atoms with Crippen molar-refractivity contribution in [1.29, 1.82) is 0 Å². The maximum atomic E-state index is 12.6. The van der Waals surface area contributed by atoms with Crippen LogP contribution in [0.1, 0.15) is 53.5 Å². The van der Waals surface area contributed by atoms with Gasteiger partial charge in [-0.25, -0.2) is 9.67 Å². The third kappa shape index (κ3) is 4.12. The minimum atomic E-state index is -0.378. The van der Waals surface area contributed by atoms with E-state index >= 15 is 0 Å². The van der Waals surface area contributed by atoms with Crippen LogP contribution in [0.2, 0.25) is 0 Å². The van der Waals surface area contributed by atoms with Crippen molar-refractivity contribution in [3.63, 3.8) is 0 Å². The summed E-state index contributed by atoms with van der Waals surface area (Å²) in [6, 6.07) is 2.14. The second kappa shape index (κ2) is 7.29. The summed E-state index contributed by atoms with van der Waals surface area (Å²) >= 11 is 0. The molecule has 0 aromatic carbocycles. The fraction of sp³-hybridized carbons (Fsp3) is 0.600. The molecule has 1 fully saturated rings. The molecule has 1 N–H and O–H groups in total. The van der Waals surface area contributed by atoms with Crippen LogP contribution in [0.5, 0.6) is 0 Å². The molecule has 27 heavy (non-hydrogen) atoms. The number of hydrogen-bond donors (Lipinski definition) is 1. The molecule has 3 heterocycles. The van der Waals surface area contributed by atoms with Crippen LogP contribution in [0.25, 0.3) is 11.0 Å². The molecule has 0 radical (unpaired) electrons. The summed E-state index contributed by atoms with van der Waals surface area (Å²) in [6.07, 6.45) is 4.83. The standard InChI is InChI=1S/C20H29N5O2/c1-13(2)25-17-15(11-22-25)10-16(12-21-17)23-18(26)14-6-8-24(9-7-14)19(27)20(3,4)5/h10-14H,6-9H2,1-5H3,(H,23,26). The average Bonchev–Trinajstić information content (AvgIpc) is 3.04. The Morgan fingerprint density at radius 3 is 2.44 bits per heavy atom. The molecular weight excluding hydrogens is 342 g/mol. The van der Waals surface area contributed by atoms with Crippen LogP contribution >= 0.6 is 0 Å². The zero-order valence-electron chi connectivity index (χ0n) is 16.8. The Labute approximate surface area is 160 Å². The van der Waals surface area contributed by atoms with E-state index in [1.165, 1.54) is 0 Å². The van der Waals surface area contributed by atoms with Crippen molar-refractivity contribution in [2.45, 2.75) is 53.5 Å². The van der Waals surface area contributed by atoms with E-state index in [0.717, 1.165) is 11.0 Å². The van der Waals surface area contributed by atoms with Crippen LogP contribution in [0.4, 0.5) is 5.69 Å². The van der Waals surface area contributed by atoms with Gasteiger partial charge in [0, 0.05) is 35.9 Å². The van der Waals surface area contributed by atoms with E-state index in [2.05, 4.69) is 29.2 Å². The Morgan fingerprint density at radius 1 is 1.19 bits per heavy atom. The largest absolute Gasteiger partial charge is 0.342 e. The van der Waals surface area contributed by atoms with E-state index < -0.39 is 0 Å². The molecule has 2 amide bonds. The average molecular weight is 371 g/mol. The first kappa shape index (κ1) is 19.3. The summed E-state index contributed by atoms with van der Waals surface area (Å²) in [5.74, 6) is 0.0662. The Kier molecular flexibility index (Phi) is 5.22. The van der Waals surface area contributed by atoms with Gasteiger partial charge in [0.2, 0.25) is 11.8 Å².